The molecule has 2 fully saturated rings. The van der Waals surface area contributed by atoms with Crippen molar-refractivity contribution in [1.82, 2.24) is 15.3 Å². The third kappa shape index (κ3) is 7.55. The smallest absolute Gasteiger partial charge is 0.407 e. The zero-order chi connectivity index (χ0) is 29.2. The fraction of sp³-hybridized carbons (Fsp3) is 0.485. The molecule has 5 rings (SSSR count). The van der Waals surface area contributed by atoms with Gasteiger partial charge in [0.1, 0.15) is 35.9 Å². The number of ether oxygens (including phenoxy) is 3. The zero-order valence-corrected chi connectivity index (χ0v) is 24.6. The Morgan fingerprint density at radius 1 is 0.951 bits per heavy atom. The number of rotatable bonds is 10. The minimum atomic E-state index is -0.587. The molecule has 0 bridgehead atoms. The molecule has 0 spiro atoms. The van der Waals surface area contributed by atoms with Crippen molar-refractivity contribution in [1.29, 1.82) is 0 Å². The molecule has 0 aliphatic heterocycles. The number of aromatic nitrogens is 2. The van der Waals surface area contributed by atoms with E-state index >= 15 is 0 Å². The monoisotopic (exact) mass is 559 g/mol. The number of nitrogens with zero attached hydrogens (tertiary/aromatic N) is 2. The molecule has 2 aromatic carbocycles. The minimum Gasteiger partial charge on any atom is -0.490 e. The molecular weight excluding hydrogens is 518 g/mol. The number of aliphatic hydroxyl groups is 1. The Labute approximate surface area is 242 Å². The summed E-state index contributed by atoms with van der Waals surface area (Å²) < 4.78 is 17.4. The van der Waals surface area contributed by atoms with Crippen LogP contribution in [0.2, 0.25) is 0 Å². The first-order valence-corrected chi connectivity index (χ1v) is 14.5. The summed E-state index contributed by atoms with van der Waals surface area (Å²) in [4.78, 5) is 20.7. The molecule has 2 saturated carbocycles. The van der Waals surface area contributed by atoms with Gasteiger partial charge in [-0.25, -0.2) is 14.8 Å². The quantitative estimate of drug-likeness (QED) is 0.302. The first kappa shape index (κ1) is 28.9. The maximum absolute atomic E-state index is 11.9. The van der Waals surface area contributed by atoms with Crippen LogP contribution in [0.15, 0.2) is 60.8 Å². The number of benzene rings is 2. The van der Waals surface area contributed by atoms with E-state index in [2.05, 4.69) is 53.4 Å². The highest BCUT2D eigenvalue weighted by atomic mass is 16.6. The van der Waals surface area contributed by atoms with Gasteiger partial charge in [0.2, 0.25) is 0 Å². The molecule has 0 saturated heterocycles. The van der Waals surface area contributed by atoms with E-state index in [-0.39, 0.29) is 29.6 Å². The Morgan fingerprint density at radius 2 is 1.56 bits per heavy atom. The standard InChI is InChI=1S/C33H41N3O5/c1-32(2,3)41-31(38)36-25-18-28(19-25)40-27-14-10-23(11-15-27)33(4,5)22-8-12-26(13-9-22)39-20-24-16-17-34-30(35-24)29(37)21-6-7-21/h8-17,21,25,28-29,37H,6-7,18-20H2,1-5H3,(H,36,38)/t25-,28-,29?. The van der Waals surface area contributed by atoms with Gasteiger partial charge in [0, 0.05) is 30.5 Å². The minimum absolute atomic E-state index is 0.0820. The van der Waals surface area contributed by atoms with Gasteiger partial charge >= 0.3 is 6.09 Å². The van der Waals surface area contributed by atoms with Crippen molar-refractivity contribution in [2.75, 3.05) is 0 Å². The number of hydrogen-bond donors (Lipinski definition) is 2. The molecule has 1 amide bonds. The number of amides is 1. The molecule has 218 valence electrons. The first-order valence-electron chi connectivity index (χ1n) is 14.5. The summed E-state index contributed by atoms with van der Waals surface area (Å²) in [5.74, 6) is 2.35. The highest BCUT2D eigenvalue weighted by molar-refractivity contribution is 5.68. The molecule has 8 heteroatoms. The lowest BCUT2D eigenvalue weighted by Gasteiger charge is -2.36. The number of nitrogens with one attached hydrogen (secondary N) is 1. The van der Waals surface area contributed by atoms with Gasteiger partial charge in [-0.1, -0.05) is 38.1 Å². The molecule has 3 aromatic rings. The van der Waals surface area contributed by atoms with Crippen LogP contribution in [0.25, 0.3) is 0 Å². The number of carbonyl (C=O) groups is 1. The van der Waals surface area contributed by atoms with Crippen LogP contribution in [0.1, 0.15) is 89.1 Å². The van der Waals surface area contributed by atoms with Crippen LogP contribution in [0.4, 0.5) is 4.79 Å². The Kier molecular flexibility index (Phi) is 8.23. The maximum atomic E-state index is 11.9. The second-order valence-corrected chi connectivity index (χ2v) is 12.7. The molecule has 0 radical (unpaired) electrons. The second kappa shape index (κ2) is 11.7. The van der Waals surface area contributed by atoms with Crippen LogP contribution < -0.4 is 14.8 Å². The van der Waals surface area contributed by atoms with E-state index in [0.29, 0.717) is 12.4 Å². The largest absolute Gasteiger partial charge is 0.490 e. The van der Waals surface area contributed by atoms with Gasteiger partial charge in [0.05, 0.1) is 5.69 Å². The summed E-state index contributed by atoms with van der Waals surface area (Å²) in [5.41, 5.74) is 2.39. The number of alkyl carbamates (subject to hydrolysis) is 1. The summed E-state index contributed by atoms with van der Waals surface area (Å²) in [6, 6.07) is 18.3. The molecule has 2 aliphatic rings. The lowest BCUT2D eigenvalue weighted by atomic mass is 9.78. The molecule has 1 heterocycles. The van der Waals surface area contributed by atoms with E-state index in [1.54, 1.807) is 6.20 Å². The van der Waals surface area contributed by atoms with Crippen molar-refractivity contribution >= 4 is 6.09 Å². The van der Waals surface area contributed by atoms with Crippen LogP contribution in [-0.4, -0.2) is 38.9 Å². The van der Waals surface area contributed by atoms with Crippen molar-refractivity contribution < 1.29 is 24.1 Å². The van der Waals surface area contributed by atoms with Crippen LogP contribution in [0.5, 0.6) is 11.5 Å². The molecular formula is C33H41N3O5. The molecule has 2 N–H and O–H groups in total. The number of aliphatic hydroxyl groups excluding tert-OH is 1. The third-order valence-corrected chi connectivity index (χ3v) is 7.72. The summed E-state index contributed by atoms with van der Waals surface area (Å²) >= 11 is 0. The van der Waals surface area contributed by atoms with Crippen LogP contribution in [-0.2, 0) is 16.8 Å². The van der Waals surface area contributed by atoms with Crippen molar-refractivity contribution in [3.05, 3.63) is 83.4 Å². The van der Waals surface area contributed by atoms with E-state index < -0.39 is 11.7 Å². The van der Waals surface area contributed by atoms with E-state index in [1.807, 2.05) is 51.1 Å². The summed E-state index contributed by atoms with van der Waals surface area (Å²) in [6.07, 6.45) is 4.39. The lowest BCUT2D eigenvalue weighted by molar-refractivity contribution is 0.0363. The summed E-state index contributed by atoms with van der Waals surface area (Å²) in [6.45, 7) is 10.3. The van der Waals surface area contributed by atoms with Gasteiger partial charge in [0.15, 0.2) is 5.82 Å². The fourth-order valence-electron chi connectivity index (χ4n) is 4.95. The number of carbonyl (C=O) groups excluding carboxylic acids is 1. The van der Waals surface area contributed by atoms with E-state index in [1.165, 1.54) is 11.1 Å². The van der Waals surface area contributed by atoms with Crippen LogP contribution >= 0.6 is 0 Å². The SMILES string of the molecule is CC(C)(C)OC(=O)N[C@H]1C[C@H](Oc2ccc(C(C)(C)c3ccc(OCc4ccnc(C(O)C5CC5)n4)cc3)cc2)C1. The van der Waals surface area contributed by atoms with Gasteiger partial charge in [-0.05, 0) is 81.0 Å². The Bertz CT molecular complexity index is 1320. The number of hydrogen-bond acceptors (Lipinski definition) is 7. The summed E-state index contributed by atoms with van der Waals surface area (Å²) in [5, 5.41) is 13.2. The van der Waals surface area contributed by atoms with Crippen molar-refractivity contribution in [3.63, 3.8) is 0 Å². The highest BCUT2D eigenvalue weighted by Crippen LogP contribution is 2.39. The van der Waals surface area contributed by atoms with Crippen molar-refractivity contribution in [3.8, 4) is 11.5 Å². The van der Waals surface area contributed by atoms with Crippen LogP contribution in [0, 0.1) is 5.92 Å². The van der Waals surface area contributed by atoms with Gasteiger partial charge in [0.25, 0.3) is 0 Å². The second-order valence-electron chi connectivity index (χ2n) is 12.7. The Balaban J connectivity index is 1.11. The first-order chi connectivity index (χ1) is 19.5. The van der Waals surface area contributed by atoms with E-state index in [4.69, 9.17) is 14.2 Å². The van der Waals surface area contributed by atoms with Crippen LogP contribution in [0.3, 0.4) is 0 Å². The molecule has 2 aliphatic carbocycles. The molecule has 1 unspecified atom stereocenters. The molecule has 1 atom stereocenters. The lowest BCUT2D eigenvalue weighted by Crippen LogP contribution is -2.50. The Hall–Kier alpha value is -3.65. The average Bonchev–Trinajstić information content (AvgIpc) is 3.76. The molecule has 1 aromatic heterocycles. The third-order valence-electron chi connectivity index (χ3n) is 7.72. The maximum Gasteiger partial charge on any atom is 0.407 e. The topological polar surface area (TPSA) is 103 Å². The van der Waals surface area contributed by atoms with E-state index in [9.17, 15) is 9.90 Å². The normalized spacial score (nSPS) is 19.6. The predicted molar refractivity (Wildman–Crippen MR) is 156 cm³/mol. The average molecular weight is 560 g/mol. The van der Waals surface area contributed by atoms with Crippen molar-refractivity contribution in [2.24, 2.45) is 5.92 Å². The summed E-state index contributed by atoms with van der Waals surface area (Å²) in [7, 11) is 0. The zero-order valence-electron chi connectivity index (χ0n) is 24.6. The van der Waals surface area contributed by atoms with E-state index in [0.717, 1.165) is 42.9 Å². The fourth-order valence-corrected chi connectivity index (χ4v) is 4.95. The molecule has 41 heavy (non-hydrogen) atoms. The van der Waals surface area contributed by atoms with Gasteiger partial charge < -0.3 is 24.6 Å². The Morgan fingerprint density at radius 3 is 2.15 bits per heavy atom. The van der Waals surface area contributed by atoms with Crippen molar-refractivity contribution in [2.45, 2.75) is 96.2 Å². The highest BCUT2D eigenvalue weighted by Gasteiger charge is 2.34. The van der Waals surface area contributed by atoms with Gasteiger partial charge in [-0.15, -0.1) is 0 Å². The van der Waals surface area contributed by atoms with Gasteiger partial charge in [-0.2, -0.15) is 0 Å². The predicted octanol–water partition coefficient (Wildman–Crippen LogP) is 6.26. The van der Waals surface area contributed by atoms with Gasteiger partial charge in [-0.3, -0.25) is 0 Å². The molecule has 8 nitrogen and oxygen atoms in total.